The molecular formula is C12H8ClN3O2. The molecule has 2 heterocycles. The van der Waals surface area contributed by atoms with Gasteiger partial charge in [0.15, 0.2) is 11.6 Å². The van der Waals surface area contributed by atoms with E-state index < -0.39 is 0 Å². The van der Waals surface area contributed by atoms with Gasteiger partial charge in [0.25, 0.3) is 5.89 Å². The van der Waals surface area contributed by atoms with E-state index in [-0.39, 0.29) is 0 Å². The van der Waals surface area contributed by atoms with Gasteiger partial charge in [0.2, 0.25) is 5.82 Å². The van der Waals surface area contributed by atoms with Gasteiger partial charge in [0, 0.05) is 17.5 Å². The van der Waals surface area contributed by atoms with Crippen LogP contribution in [0.15, 0.2) is 39.5 Å². The maximum atomic E-state index is 5.91. The Kier molecular flexibility index (Phi) is 2.60. The van der Waals surface area contributed by atoms with E-state index in [1.165, 1.54) is 6.26 Å². The van der Waals surface area contributed by atoms with Gasteiger partial charge in [-0.2, -0.15) is 4.98 Å². The lowest BCUT2D eigenvalue weighted by Crippen LogP contribution is -1.81. The normalized spacial score (nSPS) is 10.8. The summed E-state index contributed by atoms with van der Waals surface area (Å²) in [4.78, 5) is 8.36. The van der Waals surface area contributed by atoms with E-state index >= 15 is 0 Å². The van der Waals surface area contributed by atoms with Crippen LogP contribution in [0, 0.1) is 6.92 Å². The summed E-state index contributed by atoms with van der Waals surface area (Å²) < 4.78 is 10.2. The highest BCUT2D eigenvalue weighted by atomic mass is 35.5. The summed E-state index contributed by atoms with van der Waals surface area (Å²) in [5, 5.41) is 4.51. The highest BCUT2D eigenvalue weighted by Gasteiger charge is 2.13. The number of oxazole rings is 1. The van der Waals surface area contributed by atoms with Gasteiger partial charge < -0.3 is 8.94 Å². The molecule has 0 aliphatic carbocycles. The number of aryl methyl sites for hydroxylation is 1. The molecule has 0 bridgehead atoms. The Morgan fingerprint density at radius 3 is 2.83 bits per heavy atom. The molecular weight excluding hydrogens is 254 g/mol. The number of nitrogens with zero attached hydrogens (tertiary/aromatic N) is 3. The van der Waals surface area contributed by atoms with Gasteiger partial charge in [0.1, 0.15) is 6.26 Å². The Labute approximate surface area is 107 Å². The van der Waals surface area contributed by atoms with Gasteiger partial charge >= 0.3 is 0 Å². The van der Waals surface area contributed by atoms with E-state index in [0.29, 0.717) is 28.3 Å². The number of hydrogen-bond acceptors (Lipinski definition) is 5. The van der Waals surface area contributed by atoms with Crippen molar-refractivity contribution in [1.29, 1.82) is 0 Å². The van der Waals surface area contributed by atoms with Crippen LogP contribution in [0.3, 0.4) is 0 Å². The second kappa shape index (κ2) is 4.27. The van der Waals surface area contributed by atoms with Crippen LogP contribution in [0.5, 0.6) is 0 Å². The minimum Gasteiger partial charge on any atom is -0.448 e. The highest BCUT2D eigenvalue weighted by molar-refractivity contribution is 6.30. The molecule has 0 saturated heterocycles. The molecule has 0 spiro atoms. The molecule has 2 aromatic heterocycles. The van der Waals surface area contributed by atoms with Crippen molar-refractivity contribution in [1.82, 2.24) is 15.1 Å². The molecule has 0 radical (unpaired) electrons. The number of rotatable bonds is 2. The molecule has 0 saturated carbocycles. The lowest BCUT2D eigenvalue weighted by atomic mass is 10.2. The zero-order chi connectivity index (χ0) is 12.5. The predicted molar refractivity (Wildman–Crippen MR) is 65.0 cm³/mol. The van der Waals surface area contributed by atoms with Crippen molar-refractivity contribution in [3.05, 3.63) is 41.4 Å². The Morgan fingerprint density at radius 1 is 1.22 bits per heavy atom. The molecule has 3 rings (SSSR count). The van der Waals surface area contributed by atoms with Gasteiger partial charge in [-0.3, -0.25) is 0 Å². The van der Waals surface area contributed by atoms with Crippen molar-refractivity contribution in [3.63, 3.8) is 0 Å². The topological polar surface area (TPSA) is 65.0 Å². The summed E-state index contributed by atoms with van der Waals surface area (Å²) >= 11 is 5.91. The van der Waals surface area contributed by atoms with Crippen LogP contribution in [0.1, 0.15) is 5.89 Å². The van der Waals surface area contributed by atoms with E-state index in [9.17, 15) is 0 Å². The van der Waals surface area contributed by atoms with E-state index in [1.807, 2.05) is 12.1 Å². The van der Waals surface area contributed by atoms with Gasteiger partial charge in [-0.15, -0.1) is 0 Å². The minimum absolute atomic E-state index is 0.321. The summed E-state index contributed by atoms with van der Waals surface area (Å²) in [7, 11) is 0. The molecule has 5 nitrogen and oxygen atoms in total. The standard InChI is InChI=1S/C12H8ClN3O2/c1-7-14-10(6-17-7)12-15-11(16-18-12)8-3-2-4-9(13)5-8/h2-6H,1H3. The van der Waals surface area contributed by atoms with E-state index in [1.54, 1.807) is 19.1 Å². The fraction of sp³-hybridized carbons (Fsp3) is 0.0833. The van der Waals surface area contributed by atoms with Crippen molar-refractivity contribution >= 4 is 11.6 Å². The average molecular weight is 262 g/mol. The van der Waals surface area contributed by atoms with Gasteiger partial charge in [-0.05, 0) is 12.1 Å². The fourth-order valence-corrected chi connectivity index (χ4v) is 1.72. The molecule has 0 N–H and O–H groups in total. The van der Waals surface area contributed by atoms with E-state index in [0.717, 1.165) is 5.56 Å². The van der Waals surface area contributed by atoms with Gasteiger partial charge in [0.05, 0.1) is 0 Å². The third kappa shape index (κ3) is 2.00. The molecule has 0 amide bonds. The second-order valence-electron chi connectivity index (χ2n) is 3.69. The largest absolute Gasteiger partial charge is 0.448 e. The van der Waals surface area contributed by atoms with Gasteiger partial charge in [-0.1, -0.05) is 28.9 Å². The number of aromatic nitrogens is 3. The Hall–Kier alpha value is -2.14. The Morgan fingerprint density at radius 2 is 2.11 bits per heavy atom. The molecule has 18 heavy (non-hydrogen) atoms. The van der Waals surface area contributed by atoms with Crippen molar-refractivity contribution in [2.24, 2.45) is 0 Å². The lowest BCUT2D eigenvalue weighted by Gasteiger charge is -1.93. The Bertz CT molecular complexity index is 690. The van der Waals surface area contributed by atoms with Crippen LogP contribution in [0.2, 0.25) is 5.02 Å². The van der Waals surface area contributed by atoms with Crippen molar-refractivity contribution in [2.45, 2.75) is 6.92 Å². The molecule has 0 fully saturated rings. The summed E-state index contributed by atoms with van der Waals surface area (Å²) in [6, 6.07) is 7.24. The van der Waals surface area contributed by atoms with Crippen molar-refractivity contribution in [2.75, 3.05) is 0 Å². The lowest BCUT2D eigenvalue weighted by molar-refractivity contribution is 0.430. The molecule has 6 heteroatoms. The maximum Gasteiger partial charge on any atom is 0.280 e. The molecule has 0 aliphatic rings. The zero-order valence-electron chi connectivity index (χ0n) is 9.42. The molecule has 3 aromatic rings. The summed E-state index contributed by atoms with van der Waals surface area (Å²) in [5.41, 5.74) is 1.31. The Balaban J connectivity index is 1.99. The van der Waals surface area contributed by atoms with Crippen LogP contribution < -0.4 is 0 Å². The average Bonchev–Trinajstić information content (AvgIpc) is 2.97. The molecule has 90 valence electrons. The molecule has 0 aliphatic heterocycles. The van der Waals surface area contributed by atoms with Gasteiger partial charge in [-0.25, -0.2) is 4.98 Å². The minimum atomic E-state index is 0.321. The van der Waals surface area contributed by atoms with Crippen LogP contribution in [-0.4, -0.2) is 15.1 Å². The summed E-state index contributed by atoms with van der Waals surface area (Å²) in [6.45, 7) is 1.75. The van der Waals surface area contributed by atoms with E-state index in [4.69, 9.17) is 20.5 Å². The first-order chi connectivity index (χ1) is 8.72. The number of halogens is 1. The highest BCUT2D eigenvalue weighted by Crippen LogP contribution is 2.23. The smallest absolute Gasteiger partial charge is 0.280 e. The molecule has 0 unspecified atom stereocenters. The third-order valence-corrected chi connectivity index (χ3v) is 2.58. The van der Waals surface area contributed by atoms with Crippen LogP contribution in [0.4, 0.5) is 0 Å². The summed E-state index contributed by atoms with van der Waals surface area (Å²) in [6.07, 6.45) is 1.48. The number of hydrogen-bond donors (Lipinski definition) is 0. The SMILES string of the molecule is Cc1nc(-c2nc(-c3cccc(Cl)c3)no2)co1. The monoisotopic (exact) mass is 261 g/mol. The first-order valence-corrected chi connectivity index (χ1v) is 5.62. The fourth-order valence-electron chi connectivity index (χ4n) is 1.53. The van der Waals surface area contributed by atoms with Crippen molar-refractivity contribution in [3.8, 4) is 23.0 Å². The predicted octanol–water partition coefficient (Wildman–Crippen LogP) is 3.35. The molecule has 0 atom stereocenters. The number of benzene rings is 1. The van der Waals surface area contributed by atoms with E-state index in [2.05, 4.69) is 15.1 Å². The second-order valence-corrected chi connectivity index (χ2v) is 4.12. The quantitative estimate of drug-likeness (QED) is 0.708. The third-order valence-electron chi connectivity index (χ3n) is 2.35. The van der Waals surface area contributed by atoms with Crippen molar-refractivity contribution < 1.29 is 8.94 Å². The van der Waals surface area contributed by atoms with Crippen LogP contribution in [-0.2, 0) is 0 Å². The van der Waals surface area contributed by atoms with Crippen LogP contribution in [0.25, 0.3) is 23.0 Å². The molecule has 1 aromatic carbocycles. The zero-order valence-corrected chi connectivity index (χ0v) is 10.2. The maximum absolute atomic E-state index is 5.91. The first kappa shape index (κ1) is 11.0. The summed E-state index contributed by atoms with van der Waals surface area (Å²) in [5.74, 6) is 1.34. The van der Waals surface area contributed by atoms with Crippen LogP contribution >= 0.6 is 11.6 Å². The first-order valence-electron chi connectivity index (χ1n) is 5.24.